The summed E-state index contributed by atoms with van der Waals surface area (Å²) in [7, 11) is 1.41. The van der Waals surface area contributed by atoms with Crippen LogP contribution in [-0.2, 0) is 27.2 Å². The van der Waals surface area contributed by atoms with Gasteiger partial charge < -0.3 is 9.84 Å². The van der Waals surface area contributed by atoms with Crippen LogP contribution in [0.5, 0.6) is 0 Å². The van der Waals surface area contributed by atoms with E-state index in [0.717, 1.165) is 30.5 Å². The molecule has 1 heterocycles. The maximum Gasteiger partial charge on any atom is 0.308 e. The number of nitrogens with zero attached hydrogens (tertiary/aromatic N) is 2. The van der Waals surface area contributed by atoms with Crippen molar-refractivity contribution in [1.82, 2.24) is 9.78 Å². The summed E-state index contributed by atoms with van der Waals surface area (Å²) in [6.45, 7) is 0. The van der Waals surface area contributed by atoms with Gasteiger partial charge in [0.15, 0.2) is 0 Å². The summed E-state index contributed by atoms with van der Waals surface area (Å²) < 4.78 is 6.64. The van der Waals surface area contributed by atoms with E-state index >= 15 is 0 Å². The van der Waals surface area contributed by atoms with Gasteiger partial charge in [-0.25, -0.2) is 0 Å². The van der Waals surface area contributed by atoms with Crippen LogP contribution in [0.1, 0.15) is 36.6 Å². The van der Waals surface area contributed by atoms with Crippen LogP contribution >= 0.6 is 0 Å². The van der Waals surface area contributed by atoms with E-state index < -0.39 is 5.97 Å². The molecule has 6 nitrogen and oxygen atoms in total. The van der Waals surface area contributed by atoms with Crippen LogP contribution in [0.2, 0.25) is 0 Å². The Labute approximate surface area is 116 Å². The molecule has 1 atom stereocenters. The minimum Gasteiger partial charge on any atom is -0.481 e. The van der Waals surface area contributed by atoms with E-state index in [1.807, 2.05) is 10.9 Å². The SMILES string of the molecule is COC(=O)[C@H]1C[C@H](n2cc3c(n2)CCC(C(=O)O)C3)C1. The van der Waals surface area contributed by atoms with E-state index in [4.69, 9.17) is 9.84 Å². The van der Waals surface area contributed by atoms with Crippen molar-refractivity contribution < 1.29 is 19.4 Å². The summed E-state index contributed by atoms with van der Waals surface area (Å²) >= 11 is 0. The highest BCUT2D eigenvalue weighted by Crippen LogP contribution is 2.39. The molecule has 6 heteroatoms. The Bertz CT molecular complexity index is 545. The molecule has 20 heavy (non-hydrogen) atoms. The Morgan fingerprint density at radius 1 is 1.40 bits per heavy atom. The number of hydrogen-bond acceptors (Lipinski definition) is 4. The van der Waals surface area contributed by atoms with Gasteiger partial charge in [-0.05, 0) is 37.7 Å². The molecule has 0 radical (unpaired) electrons. The molecule has 0 aliphatic heterocycles. The average Bonchev–Trinajstić information content (AvgIpc) is 2.78. The molecule has 1 aromatic heterocycles. The second-order valence-electron chi connectivity index (χ2n) is 5.70. The van der Waals surface area contributed by atoms with Crippen LogP contribution in [0, 0.1) is 11.8 Å². The number of carboxylic acid groups (broad SMARTS) is 1. The molecule has 1 fully saturated rings. The van der Waals surface area contributed by atoms with Gasteiger partial charge in [-0.3, -0.25) is 14.3 Å². The average molecular weight is 278 g/mol. The van der Waals surface area contributed by atoms with Gasteiger partial charge in [0.05, 0.1) is 30.7 Å². The number of carbonyl (C=O) groups excluding carboxylic acids is 1. The van der Waals surface area contributed by atoms with Crippen molar-refractivity contribution in [3.63, 3.8) is 0 Å². The predicted octanol–water partition coefficient (Wildman–Crippen LogP) is 1.20. The fourth-order valence-corrected chi connectivity index (χ4v) is 3.09. The minimum atomic E-state index is -0.724. The quantitative estimate of drug-likeness (QED) is 0.840. The summed E-state index contributed by atoms with van der Waals surface area (Å²) in [5, 5.41) is 13.6. The van der Waals surface area contributed by atoms with Crippen LogP contribution in [0.25, 0.3) is 0 Å². The molecule has 108 valence electrons. The van der Waals surface area contributed by atoms with E-state index in [0.29, 0.717) is 12.8 Å². The fourth-order valence-electron chi connectivity index (χ4n) is 3.09. The molecule has 2 aliphatic carbocycles. The first-order valence-electron chi connectivity index (χ1n) is 6.96. The number of rotatable bonds is 3. The van der Waals surface area contributed by atoms with Gasteiger partial charge in [0.25, 0.3) is 0 Å². The fraction of sp³-hybridized carbons (Fsp3) is 0.643. The molecule has 0 saturated heterocycles. The van der Waals surface area contributed by atoms with Crippen molar-refractivity contribution in [3.05, 3.63) is 17.5 Å². The van der Waals surface area contributed by atoms with Crippen LogP contribution in [0.4, 0.5) is 0 Å². The Balaban J connectivity index is 1.67. The summed E-state index contributed by atoms with van der Waals surface area (Å²) in [4.78, 5) is 22.4. The molecule has 2 aliphatic rings. The molecule has 0 amide bonds. The summed E-state index contributed by atoms with van der Waals surface area (Å²) in [5.74, 6) is -1.18. The summed E-state index contributed by atoms with van der Waals surface area (Å²) in [6.07, 6.45) is 5.44. The van der Waals surface area contributed by atoms with Gasteiger partial charge in [-0.1, -0.05) is 0 Å². The number of esters is 1. The summed E-state index contributed by atoms with van der Waals surface area (Å²) in [6, 6.07) is 0.243. The van der Waals surface area contributed by atoms with Gasteiger partial charge in [0, 0.05) is 6.20 Å². The monoisotopic (exact) mass is 278 g/mol. The molecule has 0 bridgehead atoms. The highest BCUT2D eigenvalue weighted by Gasteiger charge is 2.37. The Kier molecular flexibility index (Phi) is 3.23. The number of hydrogen-bond donors (Lipinski definition) is 1. The molecule has 3 rings (SSSR count). The highest BCUT2D eigenvalue weighted by atomic mass is 16.5. The number of carbonyl (C=O) groups is 2. The molecule has 1 aromatic rings. The van der Waals surface area contributed by atoms with Gasteiger partial charge in [0.2, 0.25) is 0 Å². The second kappa shape index (κ2) is 4.92. The first kappa shape index (κ1) is 13.1. The number of aromatic nitrogens is 2. The normalized spacial score (nSPS) is 28.4. The van der Waals surface area contributed by atoms with Gasteiger partial charge in [-0.2, -0.15) is 5.10 Å². The molecular formula is C14H18N2O4. The lowest BCUT2D eigenvalue weighted by Crippen LogP contribution is -2.33. The van der Waals surface area contributed by atoms with Crippen molar-refractivity contribution in [3.8, 4) is 0 Å². The maximum atomic E-state index is 11.4. The molecule has 1 unspecified atom stereocenters. The zero-order chi connectivity index (χ0) is 14.3. The van der Waals surface area contributed by atoms with E-state index in [2.05, 4.69) is 5.10 Å². The third kappa shape index (κ3) is 2.19. The van der Waals surface area contributed by atoms with Crippen molar-refractivity contribution >= 4 is 11.9 Å². The number of fused-ring (bicyclic) bond motifs is 1. The Hall–Kier alpha value is -1.85. The van der Waals surface area contributed by atoms with Crippen molar-refractivity contribution in [1.29, 1.82) is 0 Å². The minimum absolute atomic E-state index is 0.0157. The van der Waals surface area contributed by atoms with E-state index in [-0.39, 0.29) is 23.8 Å². The molecular weight excluding hydrogens is 260 g/mol. The third-order valence-corrected chi connectivity index (χ3v) is 4.46. The van der Waals surface area contributed by atoms with Gasteiger partial charge in [0.1, 0.15) is 0 Å². The largest absolute Gasteiger partial charge is 0.481 e. The predicted molar refractivity (Wildman–Crippen MR) is 69.2 cm³/mol. The highest BCUT2D eigenvalue weighted by molar-refractivity contribution is 5.73. The van der Waals surface area contributed by atoms with Crippen LogP contribution in [0.15, 0.2) is 6.20 Å². The smallest absolute Gasteiger partial charge is 0.308 e. The summed E-state index contributed by atoms with van der Waals surface area (Å²) in [5.41, 5.74) is 2.06. The Morgan fingerprint density at radius 2 is 2.15 bits per heavy atom. The third-order valence-electron chi connectivity index (χ3n) is 4.46. The van der Waals surface area contributed by atoms with E-state index in [9.17, 15) is 9.59 Å². The number of ether oxygens (including phenoxy) is 1. The first-order chi connectivity index (χ1) is 9.58. The maximum absolute atomic E-state index is 11.4. The lowest BCUT2D eigenvalue weighted by molar-refractivity contribution is -0.150. The molecule has 1 saturated carbocycles. The van der Waals surface area contributed by atoms with E-state index in [1.165, 1.54) is 7.11 Å². The number of aryl methyl sites for hydroxylation is 1. The second-order valence-corrected chi connectivity index (χ2v) is 5.70. The zero-order valence-electron chi connectivity index (χ0n) is 11.4. The van der Waals surface area contributed by atoms with Gasteiger partial charge in [-0.15, -0.1) is 0 Å². The standard InChI is InChI=1S/C14H18N2O4/c1-20-14(19)9-5-11(6-9)16-7-10-4-8(13(17)18)2-3-12(10)15-16/h7-9,11H,2-6H2,1H3,(H,17,18)/t8?,9-,11-. The Morgan fingerprint density at radius 3 is 2.80 bits per heavy atom. The number of methoxy groups -OCH3 is 1. The molecule has 1 N–H and O–H groups in total. The van der Waals surface area contributed by atoms with Crippen LogP contribution in [0.3, 0.4) is 0 Å². The lowest BCUT2D eigenvalue weighted by atomic mass is 9.80. The topological polar surface area (TPSA) is 81.4 Å². The zero-order valence-corrected chi connectivity index (χ0v) is 11.4. The molecule has 0 spiro atoms. The van der Waals surface area contributed by atoms with Crippen LogP contribution < -0.4 is 0 Å². The van der Waals surface area contributed by atoms with Crippen molar-refractivity contribution in [2.24, 2.45) is 11.8 Å². The first-order valence-corrected chi connectivity index (χ1v) is 6.96. The van der Waals surface area contributed by atoms with Gasteiger partial charge >= 0.3 is 11.9 Å². The van der Waals surface area contributed by atoms with E-state index in [1.54, 1.807) is 0 Å². The van der Waals surface area contributed by atoms with Crippen molar-refractivity contribution in [2.75, 3.05) is 7.11 Å². The molecule has 0 aromatic carbocycles. The number of carboxylic acids is 1. The van der Waals surface area contributed by atoms with Crippen molar-refractivity contribution in [2.45, 2.75) is 38.1 Å². The lowest BCUT2D eigenvalue weighted by Gasteiger charge is -2.33. The van der Waals surface area contributed by atoms with Crippen LogP contribution in [-0.4, -0.2) is 33.9 Å². The number of aliphatic carboxylic acids is 1.